The molecule has 0 bridgehead atoms. The molecule has 0 saturated heterocycles. The quantitative estimate of drug-likeness (QED) is 0.652. The van der Waals surface area contributed by atoms with Crippen molar-refractivity contribution in [3.05, 3.63) is 58.8 Å². The van der Waals surface area contributed by atoms with Crippen molar-refractivity contribution in [2.45, 2.75) is 6.54 Å². The maximum atomic E-state index is 12.1. The molecule has 0 saturated carbocycles. The number of ether oxygens (including phenoxy) is 1. The Bertz CT molecular complexity index is 851. The maximum absolute atomic E-state index is 12.1. The lowest BCUT2D eigenvalue weighted by Crippen LogP contribution is -2.39. The van der Waals surface area contributed by atoms with Crippen molar-refractivity contribution in [2.24, 2.45) is 0 Å². The Labute approximate surface area is 160 Å². The van der Waals surface area contributed by atoms with Gasteiger partial charge in [0, 0.05) is 7.05 Å². The number of nitrogens with one attached hydrogen (secondary N) is 1. The summed E-state index contributed by atoms with van der Waals surface area (Å²) < 4.78 is 11.0. The van der Waals surface area contributed by atoms with Gasteiger partial charge >= 0.3 is 6.03 Å². The van der Waals surface area contributed by atoms with Gasteiger partial charge in [-0.05, 0) is 23.6 Å². The Hall–Kier alpha value is -2.51. The largest absolute Gasteiger partial charge is 0.490 e. The van der Waals surface area contributed by atoms with Gasteiger partial charge in [-0.15, -0.1) is 11.3 Å². The molecule has 0 radical (unpaired) electrons. The van der Waals surface area contributed by atoms with Crippen LogP contribution in [0.4, 0.5) is 4.79 Å². The number of hydrogen-bond donors (Lipinski definition) is 1. The molecule has 0 unspecified atom stereocenters. The predicted octanol–water partition coefficient (Wildman–Crippen LogP) is 4.28. The lowest BCUT2D eigenvalue weighted by Gasteiger charge is -2.18. The monoisotopic (exact) mass is 391 g/mol. The van der Waals surface area contributed by atoms with E-state index in [1.165, 1.54) is 4.90 Å². The Morgan fingerprint density at radius 2 is 2.19 bits per heavy atom. The first-order valence-electron chi connectivity index (χ1n) is 7.98. The van der Waals surface area contributed by atoms with Crippen molar-refractivity contribution < 1.29 is 13.9 Å². The number of oxazole rings is 1. The molecule has 0 aliphatic carbocycles. The highest BCUT2D eigenvalue weighted by atomic mass is 35.5. The zero-order valence-electron chi connectivity index (χ0n) is 14.1. The highest BCUT2D eigenvalue weighted by Crippen LogP contribution is 2.24. The number of carbonyl (C=O) groups is 1. The third kappa shape index (κ3) is 4.77. The number of likely N-dealkylation sites (N-methyl/N-ethyl adjacent to an activating group) is 1. The van der Waals surface area contributed by atoms with Gasteiger partial charge in [-0.3, -0.25) is 0 Å². The van der Waals surface area contributed by atoms with Gasteiger partial charge in [0.2, 0.25) is 5.89 Å². The second-order valence-corrected chi connectivity index (χ2v) is 6.84. The summed E-state index contributed by atoms with van der Waals surface area (Å²) in [5.41, 5.74) is 0.669. The van der Waals surface area contributed by atoms with Gasteiger partial charge in [-0.2, -0.15) is 0 Å². The van der Waals surface area contributed by atoms with E-state index in [4.69, 9.17) is 20.8 Å². The van der Waals surface area contributed by atoms with E-state index in [9.17, 15) is 4.79 Å². The van der Waals surface area contributed by atoms with Crippen molar-refractivity contribution in [3.63, 3.8) is 0 Å². The molecule has 0 fully saturated rings. The number of carbonyl (C=O) groups excluding carboxylic acids is 1. The van der Waals surface area contributed by atoms with Crippen LogP contribution in [0.25, 0.3) is 10.8 Å². The summed E-state index contributed by atoms with van der Waals surface area (Å²) in [6, 6.07) is 10.9. The Morgan fingerprint density at radius 3 is 2.96 bits per heavy atom. The molecule has 0 aliphatic rings. The molecule has 8 heteroatoms. The van der Waals surface area contributed by atoms with Crippen LogP contribution in [0, 0.1) is 0 Å². The Morgan fingerprint density at radius 1 is 1.35 bits per heavy atom. The molecule has 1 aromatic carbocycles. The maximum Gasteiger partial charge on any atom is 0.317 e. The summed E-state index contributed by atoms with van der Waals surface area (Å²) in [7, 11) is 1.70. The lowest BCUT2D eigenvalue weighted by atomic mass is 10.3. The van der Waals surface area contributed by atoms with E-state index in [0.717, 1.165) is 4.88 Å². The van der Waals surface area contributed by atoms with Gasteiger partial charge in [-0.25, -0.2) is 9.78 Å². The number of rotatable bonds is 7. The van der Waals surface area contributed by atoms with E-state index in [-0.39, 0.29) is 6.03 Å². The van der Waals surface area contributed by atoms with Gasteiger partial charge < -0.3 is 19.4 Å². The van der Waals surface area contributed by atoms with Gasteiger partial charge in [0.1, 0.15) is 18.6 Å². The van der Waals surface area contributed by atoms with Crippen LogP contribution >= 0.6 is 22.9 Å². The Kier molecular flexibility index (Phi) is 6.14. The average molecular weight is 392 g/mol. The van der Waals surface area contributed by atoms with E-state index in [1.807, 2.05) is 29.6 Å². The molecule has 0 atom stereocenters. The van der Waals surface area contributed by atoms with Crippen molar-refractivity contribution in [1.82, 2.24) is 15.2 Å². The standard InChI is InChI=1S/C18H18ClN3O3S/c1-22(8-9-24-15-6-3-2-5-14(15)19)18(23)20-11-13-12-25-17(21-13)16-7-4-10-26-16/h2-7,10,12H,8-9,11H2,1H3,(H,20,23). The van der Waals surface area contributed by atoms with Gasteiger partial charge in [0.15, 0.2) is 0 Å². The zero-order chi connectivity index (χ0) is 18.4. The van der Waals surface area contributed by atoms with Gasteiger partial charge in [-0.1, -0.05) is 29.8 Å². The highest BCUT2D eigenvalue weighted by molar-refractivity contribution is 7.13. The molecule has 3 aromatic rings. The molecule has 26 heavy (non-hydrogen) atoms. The van der Waals surface area contributed by atoms with Crippen molar-refractivity contribution in [3.8, 4) is 16.5 Å². The van der Waals surface area contributed by atoms with Crippen LogP contribution in [0.3, 0.4) is 0 Å². The molecule has 2 heterocycles. The van der Waals surface area contributed by atoms with Gasteiger partial charge in [0.25, 0.3) is 0 Å². The summed E-state index contributed by atoms with van der Waals surface area (Å²) in [4.78, 5) is 19.0. The fourth-order valence-corrected chi connectivity index (χ4v) is 3.00. The first-order valence-corrected chi connectivity index (χ1v) is 9.24. The average Bonchev–Trinajstić information content (AvgIpc) is 3.32. The summed E-state index contributed by atoms with van der Waals surface area (Å²) in [5, 5.41) is 5.31. The number of nitrogens with zero attached hydrogens (tertiary/aromatic N) is 2. The number of aromatic nitrogens is 1. The molecule has 6 nitrogen and oxygen atoms in total. The Balaban J connectivity index is 1.42. The highest BCUT2D eigenvalue weighted by Gasteiger charge is 2.11. The molecular formula is C18H18ClN3O3S. The number of benzene rings is 1. The molecule has 3 rings (SSSR count). The van der Waals surface area contributed by atoms with E-state index < -0.39 is 0 Å². The summed E-state index contributed by atoms with van der Waals surface area (Å²) >= 11 is 7.58. The van der Waals surface area contributed by atoms with Crippen molar-refractivity contribution >= 4 is 29.0 Å². The normalized spacial score (nSPS) is 10.5. The number of hydrogen-bond acceptors (Lipinski definition) is 5. The van der Waals surface area contributed by atoms with Gasteiger partial charge in [0.05, 0.1) is 28.7 Å². The summed E-state index contributed by atoms with van der Waals surface area (Å²) in [6.07, 6.45) is 1.55. The van der Waals surface area contributed by atoms with Crippen molar-refractivity contribution in [1.29, 1.82) is 0 Å². The summed E-state index contributed by atoms with van der Waals surface area (Å²) in [6.45, 7) is 1.07. The first-order chi connectivity index (χ1) is 12.6. The van der Waals surface area contributed by atoms with E-state index >= 15 is 0 Å². The third-order valence-corrected chi connectivity index (χ3v) is 4.74. The first kappa shape index (κ1) is 18.3. The van der Waals surface area contributed by atoms with E-state index in [2.05, 4.69) is 10.3 Å². The van der Waals surface area contributed by atoms with Crippen LogP contribution < -0.4 is 10.1 Å². The van der Waals surface area contributed by atoms with E-state index in [0.29, 0.717) is 42.1 Å². The molecule has 2 amide bonds. The molecule has 2 aromatic heterocycles. The topological polar surface area (TPSA) is 67.6 Å². The molecule has 0 spiro atoms. The number of amides is 2. The predicted molar refractivity (Wildman–Crippen MR) is 102 cm³/mol. The number of urea groups is 1. The van der Waals surface area contributed by atoms with E-state index in [1.54, 1.807) is 36.8 Å². The number of para-hydroxylation sites is 1. The SMILES string of the molecule is CN(CCOc1ccccc1Cl)C(=O)NCc1coc(-c2cccs2)n1. The smallest absolute Gasteiger partial charge is 0.317 e. The minimum atomic E-state index is -0.214. The fourth-order valence-electron chi connectivity index (χ4n) is 2.16. The number of thiophene rings is 1. The lowest BCUT2D eigenvalue weighted by molar-refractivity contribution is 0.195. The minimum absolute atomic E-state index is 0.214. The van der Waals surface area contributed by atoms with Crippen LogP contribution in [-0.2, 0) is 6.54 Å². The van der Waals surface area contributed by atoms with Crippen molar-refractivity contribution in [2.75, 3.05) is 20.2 Å². The minimum Gasteiger partial charge on any atom is -0.490 e. The van der Waals surface area contributed by atoms with Crippen LogP contribution in [-0.4, -0.2) is 36.1 Å². The molecular weight excluding hydrogens is 374 g/mol. The van der Waals surface area contributed by atoms with Crippen LogP contribution in [0.1, 0.15) is 5.69 Å². The van der Waals surface area contributed by atoms with Crippen LogP contribution in [0.2, 0.25) is 5.02 Å². The molecule has 0 aliphatic heterocycles. The second-order valence-electron chi connectivity index (χ2n) is 5.48. The molecule has 1 N–H and O–H groups in total. The number of halogens is 1. The summed E-state index contributed by atoms with van der Waals surface area (Å²) in [5.74, 6) is 1.16. The zero-order valence-corrected chi connectivity index (χ0v) is 15.7. The second kappa shape index (κ2) is 8.73. The fraction of sp³-hybridized carbons (Fsp3) is 0.222. The van der Waals surface area contributed by atoms with Crippen LogP contribution in [0.5, 0.6) is 5.75 Å². The molecule has 136 valence electrons. The third-order valence-electron chi connectivity index (χ3n) is 3.57. The van der Waals surface area contributed by atoms with Crippen LogP contribution in [0.15, 0.2) is 52.5 Å².